The third kappa shape index (κ3) is 15.4. The lowest BCUT2D eigenvalue weighted by Gasteiger charge is -2.44. The molecule has 1 fully saturated rings. The van der Waals surface area contributed by atoms with Crippen molar-refractivity contribution in [3.05, 3.63) is 203 Å². The third-order valence-electron chi connectivity index (χ3n) is 14.0. The normalized spacial score (nSPS) is 16.1. The highest BCUT2D eigenvalue weighted by atomic mass is 33.1. The Kier molecular flexibility index (Phi) is 20.9. The molecule has 1 aromatic heterocycles. The van der Waals surface area contributed by atoms with Crippen LogP contribution in [-0.4, -0.2) is 80.6 Å². The van der Waals surface area contributed by atoms with E-state index < -0.39 is 59.7 Å². The summed E-state index contributed by atoms with van der Waals surface area (Å²) in [5.41, 5.74) is 6.60. The van der Waals surface area contributed by atoms with E-state index in [9.17, 15) is 47.7 Å². The molecule has 418 valence electrons. The van der Waals surface area contributed by atoms with Gasteiger partial charge in [0.1, 0.15) is 42.2 Å². The predicted octanol–water partition coefficient (Wildman–Crippen LogP) is 13.2. The quantitative estimate of drug-likeness (QED) is 0.0175. The summed E-state index contributed by atoms with van der Waals surface area (Å²) in [5.74, 6) is -2.61. The Bertz CT molecular complexity index is 3170. The molecule has 6 atom stereocenters. The number of aromatic nitrogens is 1. The standard InChI is InChI=1S/C63H63F3N2O10S2/c1-39(2)59-58(62(74)67-48-11-7-4-8-12-48)56(41-9-5-3-6-10-41)60(44-17-25-47(66)26-18-44)68(59)32-31-49(69)37-50(70)38-54(72)76-33-35-79-80-36-34-77-63(75)78-51-27-19-42(20-28-51)55-52(29-30-53(71)40-13-21-45(64)22-14-40)61(73)57(55)43-15-23-46(65)24-16-43/h3-28,39,49-50,52-53,55,57,69-71H,29-38H2,1-2H3,(H,67,74)/t49-,50-,52-,53+,55?,57?/m1/s1. The molecule has 1 amide bonds. The van der Waals surface area contributed by atoms with Crippen LogP contribution in [-0.2, 0) is 25.6 Å². The first kappa shape index (κ1) is 59.0. The van der Waals surface area contributed by atoms with Crippen LogP contribution in [0.3, 0.4) is 0 Å². The first-order valence-corrected chi connectivity index (χ1v) is 29.0. The largest absolute Gasteiger partial charge is 0.513 e. The van der Waals surface area contributed by atoms with Crippen molar-refractivity contribution in [2.24, 2.45) is 5.92 Å². The molecule has 4 N–H and O–H groups in total. The van der Waals surface area contributed by atoms with Crippen molar-refractivity contribution < 1.29 is 61.9 Å². The summed E-state index contributed by atoms with van der Waals surface area (Å²) >= 11 is 0. The number of benzene rings is 6. The van der Waals surface area contributed by atoms with Gasteiger partial charge in [-0.2, -0.15) is 0 Å². The summed E-state index contributed by atoms with van der Waals surface area (Å²) in [6.07, 6.45) is -3.68. The maximum Gasteiger partial charge on any atom is 0.513 e. The molecular formula is C63H63F3N2O10S2. The van der Waals surface area contributed by atoms with Crippen LogP contribution in [0, 0.1) is 23.4 Å². The summed E-state index contributed by atoms with van der Waals surface area (Å²) in [7, 11) is 2.79. The number of Topliss-reactive ketones (excluding diaryl/α,β-unsaturated/α-hetero) is 1. The highest BCUT2D eigenvalue weighted by Gasteiger charge is 2.50. The zero-order valence-electron chi connectivity index (χ0n) is 44.2. The molecule has 0 spiro atoms. The van der Waals surface area contributed by atoms with Crippen LogP contribution < -0.4 is 10.1 Å². The number of anilines is 1. The lowest BCUT2D eigenvalue weighted by molar-refractivity contribution is -0.145. The second-order valence-electron chi connectivity index (χ2n) is 19.9. The molecule has 0 bridgehead atoms. The van der Waals surface area contributed by atoms with E-state index in [-0.39, 0.29) is 74.7 Å². The second kappa shape index (κ2) is 28.3. The number of esters is 1. The van der Waals surface area contributed by atoms with Crippen LogP contribution in [0.15, 0.2) is 158 Å². The highest BCUT2D eigenvalue weighted by molar-refractivity contribution is 8.76. The van der Waals surface area contributed by atoms with Crippen LogP contribution in [0.4, 0.5) is 23.7 Å². The Balaban J connectivity index is 0.769. The van der Waals surface area contributed by atoms with Crippen molar-refractivity contribution in [3.8, 4) is 28.1 Å². The SMILES string of the molecule is CC(C)c1c(C(=O)Nc2ccccc2)c(-c2ccccc2)c(-c2ccc(F)cc2)n1CC[C@@H](O)C[C@@H](O)CC(=O)OCCSSCCOC(=O)Oc1ccc(C2C(c3ccc(F)cc3)C(=O)[C@@H]2CC[C@H](O)c2ccc(F)cc2)cc1. The van der Waals surface area contributed by atoms with Crippen LogP contribution in [0.1, 0.15) is 103 Å². The number of nitrogens with zero attached hydrogens (tertiary/aromatic N) is 1. The van der Waals surface area contributed by atoms with Gasteiger partial charge >= 0.3 is 12.1 Å². The van der Waals surface area contributed by atoms with E-state index in [1.54, 1.807) is 60.7 Å². The summed E-state index contributed by atoms with van der Waals surface area (Å²) in [6, 6.07) is 42.8. The molecule has 1 aliphatic carbocycles. The number of hydrogen-bond donors (Lipinski definition) is 4. The van der Waals surface area contributed by atoms with Crippen molar-refractivity contribution in [1.29, 1.82) is 0 Å². The van der Waals surface area contributed by atoms with E-state index in [4.69, 9.17) is 14.2 Å². The van der Waals surface area contributed by atoms with Crippen LogP contribution >= 0.6 is 21.6 Å². The number of ether oxygens (including phenoxy) is 3. The molecule has 7 aromatic rings. The zero-order chi connectivity index (χ0) is 56.7. The maximum atomic E-state index is 14.4. The number of ketones is 1. The summed E-state index contributed by atoms with van der Waals surface area (Å²) in [4.78, 5) is 53.2. The Hall–Kier alpha value is -7.15. The number of aliphatic hydroxyl groups is 3. The maximum absolute atomic E-state index is 14.4. The minimum atomic E-state index is -1.19. The Morgan fingerprint density at radius 2 is 1.24 bits per heavy atom. The fourth-order valence-corrected chi connectivity index (χ4v) is 11.9. The Labute approximate surface area is 471 Å². The Morgan fingerprint density at radius 1 is 0.662 bits per heavy atom. The lowest BCUT2D eigenvalue weighted by Crippen LogP contribution is -2.44. The molecule has 12 nitrogen and oxygen atoms in total. The number of aliphatic hydroxyl groups excluding tert-OH is 3. The average Bonchev–Trinajstić information content (AvgIpc) is 3.89. The van der Waals surface area contributed by atoms with Crippen LogP contribution in [0.2, 0.25) is 0 Å². The number of para-hydroxylation sites is 1. The van der Waals surface area contributed by atoms with Gasteiger partial charge in [-0.05, 0) is 132 Å². The molecule has 0 saturated heterocycles. The molecule has 2 unspecified atom stereocenters. The van der Waals surface area contributed by atoms with Gasteiger partial charge in [0.2, 0.25) is 0 Å². The van der Waals surface area contributed by atoms with Gasteiger partial charge in [0, 0.05) is 46.8 Å². The van der Waals surface area contributed by atoms with E-state index in [1.807, 2.05) is 66.9 Å². The minimum absolute atomic E-state index is 0.0256. The Morgan fingerprint density at radius 3 is 1.86 bits per heavy atom. The molecule has 0 radical (unpaired) electrons. The molecule has 8 rings (SSSR count). The van der Waals surface area contributed by atoms with Crippen molar-refractivity contribution in [3.63, 3.8) is 0 Å². The molecule has 1 aliphatic rings. The van der Waals surface area contributed by atoms with Crippen LogP contribution in [0.5, 0.6) is 5.75 Å². The second-order valence-corrected chi connectivity index (χ2v) is 22.6. The first-order valence-electron chi connectivity index (χ1n) is 26.5. The number of hydrogen-bond acceptors (Lipinski definition) is 12. The number of carbonyl (C=O) groups is 4. The van der Waals surface area contributed by atoms with Crippen LogP contribution in [0.25, 0.3) is 22.4 Å². The minimum Gasteiger partial charge on any atom is -0.465 e. The van der Waals surface area contributed by atoms with Crippen molar-refractivity contribution in [1.82, 2.24) is 4.57 Å². The van der Waals surface area contributed by atoms with E-state index >= 15 is 0 Å². The molecule has 17 heteroatoms. The molecular weight excluding hydrogens is 1070 g/mol. The first-order chi connectivity index (χ1) is 38.6. The topological polar surface area (TPSA) is 174 Å². The van der Waals surface area contributed by atoms with Gasteiger partial charge in [0.05, 0.1) is 41.9 Å². The van der Waals surface area contributed by atoms with E-state index in [2.05, 4.69) is 5.32 Å². The van der Waals surface area contributed by atoms with Gasteiger partial charge in [0.15, 0.2) is 0 Å². The summed E-state index contributed by atoms with van der Waals surface area (Å²) in [6.45, 7) is 4.30. The van der Waals surface area contributed by atoms with Crippen molar-refractivity contribution in [2.75, 3.05) is 30.0 Å². The van der Waals surface area contributed by atoms with Gasteiger partial charge in [-0.15, -0.1) is 0 Å². The van der Waals surface area contributed by atoms with E-state index in [1.165, 1.54) is 70.1 Å². The number of nitrogens with one attached hydrogen (secondary N) is 1. The van der Waals surface area contributed by atoms with Gasteiger partial charge in [-0.1, -0.05) is 120 Å². The molecule has 1 saturated carbocycles. The third-order valence-corrected chi connectivity index (χ3v) is 16.3. The average molecular weight is 1130 g/mol. The van der Waals surface area contributed by atoms with Crippen molar-refractivity contribution in [2.45, 2.75) is 88.6 Å². The number of carbonyl (C=O) groups excluding carboxylic acids is 4. The fourth-order valence-electron chi connectivity index (χ4n) is 10.3. The van der Waals surface area contributed by atoms with E-state index in [0.29, 0.717) is 57.1 Å². The fraction of sp³-hybridized carbons (Fsp3) is 0.302. The summed E-state index contributed by atoms with van der Waals surface area (Å²) in [5, 5.41) is 36.0. The summed E-state index contributed by atoms with van der Waals surface area (Å²) < 4.78 is 59.6. The smallest absolute Gasteiger partial charge is 0.465 e. The molecule has 80 heavy (non-hydrogen) atoms. The number of amides is 1. The van der Waals surface area contributed by atoms with Gasteiger partial charge in [-0.25, -0.2) is 18.0 Å². The molecule has 1 heterocycles. The van der Waals surface area contributed by atoms with E-state index in [0.717, 1.165) is 16.8 Å². The molecule has 0 aliphatic heterocycles. The van der Waals surface area contributed by atoms with Gasteiger partial charge in [0.25, 0.3) is 5.91 Å². The van der Waals surface area contributed by atoms with Gasteiger partial charge in [-0.3, -0.25) is 14.4 Å². The van der Waals surface area contributed by atoms with Crippen molar-refractivity contribution >= 4 is 51.1 Å². The van der Waals surface area contributed by atoms with Gasteiger partial charge < -0.3 is 39.4 Å². The number of halogens is 3. The zero-order valence-corrected chi connectivity index (χ0v) is 45.9. The monoisotopic (exact) mass is 1130 g/mol. The number of rotatable bonds is 26. The predicted molar refractivity (Wildman–Crippen MR) is 305 cm³/mol. The molecule has 6 aromatic carbocycles. The highest BCUT2D eigenvalue weighted by Crippen LogP contribution is 2.53. The lowest BCUT2D eigenvalue weighted by atomic mass is 9.57.